The minimum absolute atomic E-state index is 0.157. The SMILES string of the molecule is Cc1cc(CBr)cnc1C(F)(F)F. The lowest BCUT2D eigenvalue weighted by Gasteiger charge is -2.09. The van der Waals surface area contributed by atoms with Gasteiger partial charge in [-0.3, -0.25) is 4.98 Å². The van der Waals surface area contributed by atoms with Gasteiger partial charge in [-0.2, -0.15) is 13.2 Å². The van der Waals surface area contributed by atoms with Crippen molar-refractivity contribution in [3.8, 4) is 0 Å². The molecular weight excluding hydrogens is 247 g/mol. The van der Waals surface area contributed by atoms with Crippen LogP contribution in [-0.4, -0.2) is 4.98 Å². The summed E-state index contributed by atoms with van der Waals surface area (Å²) in [5.74, 6) is 0. The van der Waals surface area contributed by atoms with E-state index in [4.69, 9.17) is 0 Å². The monoisotopic (exact) mass is 253 g/mol. The highest BCUT2D eigenvalue weighted by molar-refractivity contribution is 9.08. The lowest BCUT2D eigenvalue weighted by Crippen LogP contribution is -2.10. The zero-order valence-corrected chi connectivity index (χ0v) is 8.41. The lowest BCUT2D eigenvalue weighted by molar-refractivity contribution is -0.141. The van der Waals surface area contributed by atoms with Gasteiger partial charge in [0.2, 0.25) is 0 Å². The fourth-order valence-corrected chi connectivity index (χ4v) is 1.31. The second kappa shape index (κ2) is 3.65. The number of rotatable bonds is 1. The van der Waals surface area contributed by atoms with E-state index in [0.29, 0.717) is 5.33 Å². The van der Waals surface area contributed by atoms with Crippen molar-refractivity contribution in [3.05, 3.63) is 29.1 Å². The molecule has 0 aliphatic heterocycles. The zero-order chi connectivity index (χ0) is 10.1. The minimum Gasteiger partial charge on any atom is -0.251 e. The first-order valence-electron chi connectivity index (χ1n) is 3.54. The van der Waals surface area contributed by atoms with E-state index in [1.807, 2.05) is 0 Å². The van der Waals surface area contributed by atoms with Gasteiger partial charge in [0.1, 0.15) is 5.69 Å². The summed E-state index contributed by atoms with van der Waals surface area (Å²) in [4.78, 5) is 3.37. The Bertz CT molecular complexity index is 309. The average molecular weight is 254 g/mol. The first-order chi connectivity index (χ1) is 5.95. The summed E-state index contributed by atoms with van der Waals surface area (Å²) < 4.78 is 36.6. The summed E-state index contributed by atoms with van der Waals surface area (Å²) in [5.41, 5.74) is 0.0900. The van der Waals surface area contributed by atoms with Crippen LogP contribution >= 0.6 is 15.9 Å². The number of aromatic nitrogens is 1. The van der Waals surface area contributed by atoms with Gasteiger partial charge < -0.3 is 0 Å². The first kappa shape index (κ1) is 10.5. The summed E-state index contributed by atoms with van der Waals surface area (Å²) in [6, 6.07) is 1.48. The summed E-state index contributed by atoms with van der Waals surface area (Å²) >= 11 is 3.15. The maximum Gasteiger partial charge on any atom is 0.433 e. The van der Waals surface area contributed by atoms with Gasteiger partial charge in [-0.25, -0.2) is 0 Å². The van der Waals surface area contributed by atoms with E-state index in [1.54, 1.807) is 0 Å². The predicted octanol–water partition coefficient (Wildman–Crippen LogP) is 3.30. The summed E-state index contributed by atoms with van der Waals surface area (Å²) in [5, 5.41) is 0.513. The number of hydrogen-bond donors (Lipinski definition) is 0. The number of hydrogen-bond acceptors (Lipinski definition) is 1. The van der Waals surface area contributed by atoms with Crippen molar-refractivity contribution in [3.63, 3.8) is 0 Å². The van der Waals surface area contributed by atoms with Gasteiger partial charge in [-0.1, -0.05) is 22.0 Å². The van der Waals surface area contributed by atoms with E-state index < -0.39 is 11.9 Å². The predicted molar refractivity (Wildman–Crippen MR) is 46.6 cm³/mol. The molecule has 0 atom stereocenters. The van der Waals surface area contributed by atoms with Gasteiger partial charge in [0.25, 0.3) is 0 Å². The molecule has 0 spiro atoms. The van der Waals surface area contributed by atoms with Crippen molar-refractivity contribution in [1.82, 2.24) is 4.98 Å². The molecule has 0 N–H and O–H groups in total. The highest BCUT2D eigenvalue weighted by atomic mass is 79.9. The van der Waals surface area contributed by atoms with Crippen LogP contribution in [-0.2, 0) is 11.5 Å². The van der Waals surface area contributed by atoms with Crippen molar-refractivity contribution in [2.24, 2.45) is 0 Å². The highest BCUT2D eigenvalue weighted by Gasteiger charge is 2.34. The largest absolute Gasteiger partial charge is 0.433 e. The van der Waals surface area contributed by atoms with E-state index in [9.17, 15) is 13.2 Å². The van der Waals surface area contributed by atoms with Gasteiger partial charge in [0.05, 0.1) is 0 Å². The standard InChI is InChI=1S/C8H7BrF3N/c1-5-2-6(3-9)4-13-7(5)8(10,11)12/h2,4H,3H2,1H3. The molecule has 0 aliphatic rings. The average Bonchev–Trinajstić information content (AvgIpc) is 2.01. The molecule has 0 saturated carbocycles. The quantitative estimate of drug-likeness (QED) is 0.700. The van der Waals surface area contributed by atoms with E-state index >= 15 is 0 Å². The molecule has 0 aliphatic carbocycles. The third-order valence-corrected chi connectivity index (χ3v) is 2.21. The molecule has 13 heavy (non-hydrogen) atoms. The van der Waals surface area contributed by atoms with Gasteiger partial charge in [-0.05, 0) is 18.1 Å². The van der Waals surface area contributed by atoms with E-state index in [1.165, 1.54) is 19.2 Å². The van der Waals surface area contributed by atoms with Crippen LogP contribution in [0.1, 0.15) is 16.8 Å². The topological polar surface area (TPSA) is 12.9 Å². The molecule has 1 nitrogen and oxygen atoms in total. The fourth-order valence-electron chi connectivity index (χ4n) is 1.00. The minimum atomic E-state index is -4.35. The van der Waals surface area contributed by atoms with Crippen LogP contribution in [0.2, 0.25) is 0 Å². The Kier molecular flexibility index (Phi) is 2.95. The number of nitrogens with zero attached hydrogens (tertiary/aromatic N) is 1. The van der Waals surface area contributed by atoms with Gasteiger partial charge >= 0.3 is 6.18 Å². The van der Waals surface area contributed by atoms with Crippen LogP contribution in [0.5, 0.6) is 0 Å². The van der Waals surface area contributed by atoms with Crippen LogP contribution in [0.3, 0.4) is 0 Å². The number of pyridine rings is 1. The Morgan fingerprint density at radius 2 is 2.08 bits per heavy atom. The number of alkyl halides is 4. The van der Waals surface area contributed by atoms with Crippen LogP contribution in [0.25, 0.3) is 0 Å². The molecule has 1 aromatic rings. The molecule has 5 heteroatoms. The zero-order valence-electron chi connectivity index (χ0n) is 6.82. The van der Waals surface area contributed by atoms with Crippen molar-refractivity contribution in [1.29, 1.82) is 0 Å². The van der Waals surface area contributed by atoms with Crippen LogP contribution in [0, 0.1) is 6.92 Å². The molecule has 1 rings (SSSR count). The summed E-state index contributed by atoms with van der Waals surface area (Å²) in [6.45, 7) is 1.40. The Morgan fingerprint density at radius 1 is 1.46 bits per heavy atom. The number of aryl methyl sites for hydroxylation is 1. The van der Waals surface area contributed by atoms with E-state index in [2.05, 4.69) is 20.9 Å². The summed E-state index contributed by atoms with van der Waals surface area (Å²) in [6.07, 6.45) is -3.13. The molecular formula is C8H7BrF3N. The van der Waals surface area contributed by atoms with E-state index in [-0.39, 0.29) is 5.56 Å². The second-order valence-corrected chi connectivity index (χ2v) is 3.20. The van der Waals surface area contributed by atoms with Crippen LogP contribution in [0.15, 0.2) is 12.3 Å². The smallest absolute Gasteiger partial charge is 0.251 e. The maximum atomic E-state index is 12.2. The fraction of sp³-hybridized carbons (Fsp3) is 0.375. The molecule has 72 valence electrons. The lowest BCUT2D eigenvalue weighted by atomic mass is 10.1. The highest BCUT2D eigenvalue weighted by Crippen LogP contribution is 2.30. The number of halogens is 4. The van der Waals surface area contributed by atoms with Gasteiger partial charge in [-0.15, -0.1) is 0 Å². The van der Waals surface area contributed by atoms with Crippen molar-refractivity contribution in [2.45, 2.75) is 18.4 Å². The molecule has 0 fully saturated rings. The third kappa shape index (κ3) is 2.43. The molecule has 0 saturated heterocycles. The Balaban J connectivity index is 3.13. The molecule has 0 radical (unpaired) electrons. The molecule has 0 unspecified atom stereocenters. The second-order valence-electron chi connectivity index (χ2n) is 2.64. The Labute approximate surface area is 82.1 Å². The Hall–Kier alpha value is -0.580. The normalized spacial score (nSPS) is 11.8. The Morgan fingerprint density at radius 3 is 2.46 bits per heavy atom. The first-order valence-corrected chi connectivity index (χ1v) is 4.66. The van der Waals surface area contributed by atoms with Crippen molar-refractivity contribution >= 4 is 15.9 Å². The molecule has 0 amide bonds. The van der Waals surface area contributed by atoms with Gasteiger partial charge in [0.15, 0.2) is 0 Å². The van der Waals surface area contributed by atoms with Crippen molar-refractivity contribution < 1.29 is 13.2 Å². The van der Waals surface area contributed by atoms with Crippen LogP contribution in [0.4, 0.5) is 13.2 Å². The third-order valence-electron chi connectivity index (χ3n) is 1.56. The molecule has 1 heterocycles. The molecule has 0 bridgehead atoms. The molecule has 1 aromatic heterocycles. The van der Waals surface area contributed by atoms with Crippen LogP contribution < -0.4 is 0 Å². The van der Waals surface area contributed by atoms with Crippen molar-refractivity contribution in [2.75, 3.05) is 0 Å². The van der Waals surface area contributed by atoms with E-state index in [0.717, 1.165) is 5.56 Å². The maximum absolute atomic E-state index is 12.2. The van der Waals surface area contributed by atoms with Gasteiger partial charge in [0, 0.05) is 11.5 Å². The summed E-state index contributed by atoms with van der Waals surface area (Å²) in [7, 11) is 0. The molecule has 0 aromatic carbocycles.